The molecule has 0 spiro atoms. The van der Waals surface area contributed by atoms with Crippen molar-refractivity contribution >= 4 is 0 Å². The fraction of sp³-hybridized carbons (Fsp3) is 0.300. The zero-order chi connectivity index (χ0) is 10.8. The molecule has 2 aromatic heterocycles. The lowest BCUT2D eigenvalue weighted by atomic mass is 10.1. The van der Waals surface area contributed by atoms with Gasteiger partial charge in [0.1, 0.15) is 5.76 Å². The summed E-state index contributed by atoms with van der Waals surface area (Å²) in [4.78, 5) is 0. The molecule has 1 atom stereocenters. The normalized spacial score (nSPS) is 13.0. The summed E-state index contributed by atoms with van der Waals surface area (Å²) in [5.74, 6) is 6.42. The zero-order valence-corrected chi connectivity index (χ0v) is 8.77. The fourth-order valence-corrected chi connectivity index (χ4v) is 1.70. The quantitative estimate of drug-likeness (QED) is 0.577. The monoisotopic (exact) mass is 206 g/mol. The molecule has 0 aliphatic rings. The molecule has 3 N–H and O–H groups in total. The molecular formula is C10H14N4O. The Balaban J connectivity index is 2.41. The second-order valence-corrected chi connectivity index (χ2v) is 3.41. The van der Waals surface area contributed by atoms with E-state index in [1.807, 2.05) is 26.1 Å². The summed E-state index contributed by atoms with van der Waals surface area (Å²) in [6, 6.07) is 3.75. The predicted molar refractivity (Wildman–Crippen MR) is 55.8 cm³/mol. The molecular weight excluding hydrogens is 192 g/mol. The number of aryl methyl sites for hydroxylation is 2. The minimum atomic E-state index is -0.0868. The van der Waals surface area contributed by atoms with Gasteiger partial charge in [-0.25, -0.2) is 5.43 Å². The van der Waals surface area contributed by atoms with Gasteiger partial charge in [0.05, 0.1) is 18.0 Å². The molecule has 0 bridgehead atoms. The van der Waals surface area contributed by atoms with Crippen molar-refractivity contribution in [1.82, 2.24) is 15.2 Å². The Labute approximate surface area is 87.8 Å². The minimum Gasteiger partial charge on any atom is -0.469 e. The second-order valence-electron chi connectivity index (χ2n) is 3.41. The van der Waals surface area contributed by atoms with E-state index in [1.54, 1.807) is 17.1 Å². The highest BCUT2D eigenvalue weighted by Crippen LogP contribution is 2.24. The smallest absolute Gasteiger partial charge is 0.105 e. The van der Waals surface area contributed by atoms with Crippen molar-refractivity contribution in [2.24, 2.45) is 12.9 Å². The van der Waals surface area contributed by atoms with Crippen LogP contribution in [0.4, 0.5) is 0 Å². The summed E-state index contributed by atoms with van der Waals surface area (Å²) >= 11 is 0. The standard InChI is InChI=1S/C10H14N4O/c1-7-8(4-6-15-7)10(13-11)9-3-5-12-14(9)2/h3-6,10,13H,11H2,1-2H3. The Morgan fingerprint density at radius 2 is 2.33 bits per heavy atom. The second kappa shape index (κ2) is 3.88. The van der Waals surface area contributed by atoms with Crippen LogP contribution in [-0.4, -0.2) is 9.78 Å². The number of nitrogens with zero attached hydrogens (tertiary/aromatic N) is 2. The van der Waals surface area contributed by atoms with E-state index in [9.17, 15) is 0 Å². The molecule has 15 heavy (non-hydrogen) atoms. The van der Waals surface area contributed by atoms with Crippen LogP contribution in [0, 0.1) is 6.92 Å². The van der Waals surface area contributed by atoms with Gasteiger partial charge in [0.15, 0.2) is 0 Å². The largest absolute Gasteiger partial charge is 0.469 e. The lowest BCUT2D eigenvalue weighted by molar-refractivity contribution is 0.512. The zero-order valence-electron chi connectivity index (χ0n) is 8.77. The van der Waals surface area contributed by atoms with Gasteiger partial charge < -0.3 is 4.42 Å². The molecule has 0 saturated heterocycles. The van der Waals surface area contributed by atoms with Gasteiger partial charge in [0.2, 0.25) is 0 Å². The van der Waals surface area contributed by atoms with Crippen LogP contribution >= 0.6 is 0 Å². The van der Waals surface area contributed by atoms with Crippen LogP contribution in [0.5, 0.6) is 0 Å². The van der Waals surface area contributed by atoms with Crippen molar-refractivity contribution in [3.63, 3.8) is 0 Å². The molecule has 2 heterocycles. The third-order valence-corrected chi connectivity index (χ3v) is 2.53. The van der Waals surface area contributed by atoms with E-state index >= 15 is 0 Å². The molecule has 5 nitrogen and oxygen atoms in total. The van der Waals surface area contributed by atoms with Gasteiger partial charge in [-0.3, -0.25) is 10.5 Å². The summed E-state index contributed by atoms with van der Waals surface area (Å²) in [5, 5.41) is 4.12. The van der Waals surface area contributed by atoms with E-state index in [0.717, 1.165) is 17.0 Å². The Morgan fingerprint density at radius 3 is 2.80 bits per heavy atom. The Bertz CT molecular complexity index is 405. The number of aromatic nitrogens is 2. The molecule has 0 saturated carbocycles. The van der Waals surface area contributed by atoms with Crippen molar-refractivity contribution in [3.05, 3.63) is 41.6 Å². The van der Waals surface area contributed by atoms with Crippen molar-refractivity contribution in [2.75, 3.05) is 0 Å². The maximum atomic E-state index is 5.56. The Kier molecular flexibility index (Phi) is 2.57. The first kappa shape index (κ1) is 9.95. The number of hydrogen-bond donors (Lipinski definition) is 2. The third-order valence-electron chi connectivity index (χ3n) is 2.53. The highest BCUT2D eigenvalue weighted by molar-refractivity contribution is 5.28. The first-order valence-corrected chi connectivity index (χ1v) is 4.72. The van der Waals surface area contributed by atoms with Gasteiger partial charge in [-0.2, -0.15) is 5.10 Å². The average molecular weight is 206 g/mol. The molecule has 1 unspecified atom stereocenters. The van der Waals surface area contributed by atoms with Crippen LogP contribution in [0.3, 0.4) is 0 Å². The van der Waals surface area contributed by atoms with Crippen LogP contribution < -0.4 is 11.3 Å². The van der Waals surface area contributed by atoms with E-state index in [1.165, 1.54) is 0 Å². The molecule has 0 fully saturated rings. The lowest BCUT2D eigenvalue weighted by Gasteiger charge is -2.15. The van der Waals surface area contributed by atoms with Gasteiger partial charge in [-0.1, -0.05) is 0 Å². The Morgan fingerprint density at radius 1 is 1.53 bits per heavy atom. The highest BCUT2D eigenvalue weighted by atomic mass is 16.3. The molecule has 2 aromatic rings. The summed E-state index contributed by atoms with van der Waals surface area (Å²) in [6.07, 6.45) is 3.40. The molecule has 5 heteroatoms. The van der Waals surface area contributed by atoms with E-state index in [0.29, 0.717) is 0 Å². The summed E-state index contributed by atoms with van der Waals surface area (Å²) in [6.45, 7) is 1.91. The van der Waals surface area contributed by atoms with E-state index < -0.39 is 0 Å². The lowest BCUT2D eigenvalue weighted by Crippen LogP contribution is -2.30. The topological polar surface area (TPSA) is 69.0 Å². The van der Waals surface area contributed by atoms with Crippen molar-refractivity contribution in [2.45, 2.75) is 13.0 Å². The van der Waals surface area contributed by atoms with Gasteiger partial charge in [-0.15, -0.1) is 0 Å². The van der Waals surface area contributed by atoms with Gasteiger partial charge in [0, 0.05) is 18.8 Å². The fourth-order valence-electron chi connectivity index (χ4n) is 1.70. The van der Waals surface area contributed by atoms with Crippen molar-refractivity contribution in [1.29, 1.82) is 0 Å². The van der Waals surface area contributed by atoms with E-state index in [4.69, 9.17) is 10.3 Å². The van der Waals surface area contributed by atoms with Gasteiger partial charge >= 0.3 is 0 Å². The average Bonchev–Trinajstić information content (AvgIpc) is 2.80. The molecule has 0 aromatic carbocycles. The molecule has 2 rings (SSSR count). The van der Waals surface area contributed by atoms with Crippen molar-refractivity contribution in [3.8, 4) is 0 Å². The SMILES string of the molecule is Cc1occc1C(NN)c1ccnn1C. The number of nitrogens with one attached hydrogen (secondary N) is 1. The predicted octanol–water partition coefficient (Wildman–Crippen LogP) is 0.874. The van der Waals surface area contributed by atoms with Crippen LogP contribution in [0.2, 0.25) is 0 Å². The van der Waals surface area contributed by atoms with Gasteiger partial charge in [0.25, 0.3) is 0 Å². The van der Waals surface area contributed by atoms with Crippen LogP contribution in [-0.2, 0) is 7.05 Å². The first-order valence-electron chi connectivity index (χ1n) is 4.72. The summed E-state index contributed by atoms with van der Waals surface area (Å²) in [7, 11) is 1.88. The molecule has 0 aliphatic heterocycles. The maximum absolute atomic E-state index is 5.56. The highest BCUT2D eigenvalue weighted by Gasteiger charge is 2.18. The minimum absolute atomic E-state index is 0.0868. The molecule has 0 aliphatic carbocycles. The van der Waals surface area contributed by atoms with Gasteiger partial charge in [-0.05, 0) is 19.1 Å². The van der Waals surface area contributed by atoms with Crippen molar-refractivity contribution < 1.29 is 4.42 Å². The van der Waals surface area contributed by atoms with E-state index in [2.05, 4.69) is 10.5 Å². The maximum Gasteiger partial charge on any atom is 0.105 e. The summed E-state index contributed by atoms with van der Waals surface area (Å²) < 4.78 is 7.05. The number of nitrogens with two attached hydrogens (primary N) is 1. The Hall–Kier alpha value is -1.59. The van der Waals surface area contributed by atoms with E-state index in [-0.39, 0.29) is 6.04 Å². The van der Waals surface area contributed by atoms with Crippen LogP contribution in [0.1, 0.15) is 23.1 Å². The third kappa shape index (κ3) is 1.67. The number of hydrogen-bond acceptors (Lipinski definition) is 4. The number of hydrazine groups is 1. The molecule has 0 amide bonds. The first-order chi connectivity index (χ1) is 7.24. The van der Waals surface area contributed by atoms with Crippen LogP contribution in [0.15, 0.2) is 29.0 Å². The van der Waals surface area contributed by atoms with Crippen LogP contribution in [0.25, 0.3) is 0 Å². The number of furan rings is 1. The summed E-state index contributed by atoms with van der Waals surface area (Å²) in [5.41, 5.74) is 4.80. The molecule has 0 radical (unpaired) electrons. The number of rotatable bonds is 3. The molecule has 80 valence electrons.